The first kappa shape index (κ1) is 8.06. The number of allylic oxidation sites excluding steroid dienone is 8. The van der Waals surface area contributed by atoms with Gasteiger partial charge in [-0.1, -0.05) is 46.3 Å². The molecule has 0 aliphatic heterocycles. The monoisotopic (exact) mass is 222 g/mol. The molecule has 0 aromatic heterocycles. The molecule has 0 fully saturated rings. The summed E-state index contributed by atoms with van der Waals surface area (Å²) in [5.41, 5.74) is 2.92. The number of halogens is 1. The van der Waals surface area contributed by atoms with Crippen LogP contribution in [0.15, 0.2) is 46.0 Å². The van der Waals surface area contributed by atoms with Crippen molar-refractivity contribution >= 4 is 15.9 Å². The zero-order valence-electron chi connectivity index (χ0n) is 7.05. The maximum absolute atomic E-state index is 3.60. The summed E-state index contributed by atoms with van der Waals surface area (Å²) in [5.74, 6) is 0.583. The van der Waals surface area contributed by atoms with Crippen LogP contribution in [0.2, 0.25) is 0 Å². The van der Waals surface area contributed by atoms with E-state index in [1.165, 1.54) is 15.6 Å². The zero-order valence-corrected chi connectivity index (χ0v) is 8.64. The topological polar surface area (TPSA) is 0 Å². The van der Waals surface area contributed by atoms with Gasteiger partial charge in [0.15, 0.2) is 0 Å². The second-order valence-electron chi connectivity index (χ2n) is 3.24. The summed E-state index contributed by atoms with van der Waals surface area (Å²) in [6.07, 6.45) is 12.0. The Bertz CT molecular complexity index is 316. The van der Waals surface area contributed by atoms with Gasteiger partial charge >= 0.3 is 0 Å². The summed E-state index contributed by atoms with van der Waals surface area (Å²) in [5, 5.41) is 0. The molecule has 0 saturated carbocycles. The standard InChI is InChI=1S/C11H11Br/c1-8-6-7-9(8)10-4-2-3-5-11(10)12/h2-3,5-7,10H,4H2,1H3. The maximum Gasteiger partial charge on any atom is 0.0193 e. The predicted octanol–water partition coefficient (Wildman–Crippen LogP) is 3.73. The Morgan fingerprint density at radius 3 is 2.75 bits per heavy atom. The molecule has 2 aliphatic rings. The minimum Gasteiger partial charge on any atom is -0.0835 e. The average Bonchev–Trinajstić information content (AvgIpc) is 2.06. The van der Waals surface area contributed by atoms with E-state index in [0.29, 0.717) is 5.92 Å². The van der Waals surface area contributed by atoms with E-state index in [-0.39, 0.29) is 0 Å². The molecule has 62 valence electrons. The Morgan fingerprint density at radius 1 is 1.42 bits per heavy atom. The zero-order chi connectivity index (χ0) is 8.55. The Labute approximate surface area is 81.5 Å². The van der Waals surface area contributed by atoms with Gasteiger partial charge in [0.1, 0.15) is 0 Å². The van der Waals surface area contributed by atoms with Gasteiger partial charge in [0.05, 0.1) is 0 Å². The molecule has 0 bridgehead atoms. The SMILES string of the molecule is CC1=C(C2CC=CC=C2Br)C=C1. The van der Waals surface area contributed by atoms with Crippen LogP contribution in [0.3, 0.4) is 0 Å². The summed E-state index contributed by atoms with van der Waals surface area (Å²) in [4.78, 5) is 0. The first-order chi connectivity index (χ1) is 5.79. The van der Waals surface area contributed by atoms with Crippen molar-refractivity contribution in [1.82, 2.24) is 0 Å². The molecule has 0 aromatic carbocycles. The Morgan fingerprint density at radius 2 is 2.25 bits per heavy atom. The van der Waals surface area contributed by atoms with Crippen molar-refractivity contribution in [3.05, 3.63) is 46.0 Å². The van der Waals surface area contributed by atoms with Crippen molar-refractivity contribution in [2.75, 3.05) is 0 Å². The Kier molecular flexibility index (Phi) is 2.05. The van der Waals surface area contributed by atoms with Crippen LogP contribution in [0.25, 0.3) is 0 Å². The van der Waals surface area contributed by atoms with E-state index >= 15 is 0 Å². The molecule has 2 aliphatic carbocycles. The fraction of sp³-hybridized carbons (Fsp3) is 0.273. The second-order valence-corrected chi connectivity index (χ2v) is 4.16. The normalized spacial score (nSPS) is 27.2. The van der Waals surface area contributed by atoms with Gasteiger partial charge in [-0.2, -0.15) is 0 Å². The summed E-state index contributed by atoms with van der Waals surface area (Å²) in [6, 6.07) is 0. The molecule has 0 spiro atoms. The molecule has 0 amide bonds. The maximum atomic E-state index is 3.60. The summed E-state index contributed by atoms with van der Waals surface area (Å²) < 4.78 is 1.31. The quantitative estimate of drug-likeness (QED) is 0.635. The molecule has 0 aromatic rings. The van der Waals surface area contributed by atoms with E-state index in [0.717, 1.165) is 6.42 Å². The molecule has 1 heteroatoms. The van der Waals surface area contributed by atoms with Crippen LogP contribution >= 0.6 is 15.9 Å². The lowest BCUT2D eigenvalue weighted by Gasteiger charge is -2.24. The Hall–Kier alpha value is -0.560. The molecule has 0 N–H and O–H groups in total. The average molecular weight is 223 g/mol. The molecular weight excluding hydrogens is 212 g/mol. The van der Waals surface area contributed by atoms with Gasteiger partial charge in [0.25, 0.3) is 0 Å². The lowest BCUT2D eigenvalue weighted by Crippen LogP contribution is -2.09. The van der Waals surface area contributed by atoms with Crippen molar-refractivity contribution in [2.24, 2.45) is 5.92 Å². The Balaban J connectivity index is 2.21. The van der Waals surface area contributed by atoms with Crippen LogP contribution in [0.1, 0.15) is 13.3 Å². The van der Waals surface area contributed by atoms with Crippen LogP contribution < -0.4 is 0 Å². The van der Waals surface area contributed by atoms with Gasteiger partial charge in [-0.25, -0.2) is 0 Å². The van der Waals surface area contributed by atoms with E-state index in [9.17, 15) is 0 Å². The van der Waals surface area contributed by atoms with Gasteiger partial charge in [0, 0.05) is 10.4 Å². The van der Waals surface area contributed by atoms with Crippen molar-refractivity contribution in [3.63, 3.8) is 0 Å². The minimum atomic E-state index is 0.583. The summed E-state index contributed by atoms with van der Waals surface area (Å²) in [7, 11) is 0. The van der Waals surface area contributed by atoms with Crippen LogP contribution in [0.5, 0.6) is 0 Å². The highest BCUT2D eigenvalue weighted by atomic mass is 79.9. The summed E-state index contributed by atoms with van der Waals surface area (Å²) in [6.45, 7) is 2.17. The van der Waals surface area contributed by atoms with E-state index in [2.05, 4.69) is 53.2 Å². The van der Waals surface area contributed by atoms with Gasteiger partial charge in [-0.15, -0.1) is 0 Å². The molecular formula is C11H11Br. The molecule has 0 nitrogen and oxygen atoms in total. The molecule has 0 radical (unpaired) electrons. The van der Waals surface area contributed by atoms with Crippen molar-refractivity contribution in [3.8, 4) is 0 Å². The van der Waals surface area contributed by atoms with Crippen molar-refractivity contribution < 1.29 is 0 Å². The fourth-order valence-electron chi connectivity index (χ4n) is 1.62. The van der Waals surface area contributed by atoms with E-state index < -0.39 is 0 Å². The van der Waals surface area contributed by atoms with E-state index in [1.54, 1.807) is 0 Å². The molecule has 1 unspecified atom stereocenters. The molecule has 1 atom stereocenters. The van der Waals surface area contributed by atoms with E-state index in [1.807, 2.05) is 0 Å². The first-order valence-corrected chi connectivity index (χ1v) is 4.99. The van der Waals surface area contributed by atoms with Gasteiger partial charge in [0.2, 0.25) is 0 Å². The number of hydrogen-bond acceptors (Lipinski definition) is 0. The third kappa shape index (κ3) is 1.22. The third-order valence-corrected chi connectivity index (χ3v) is 3.26. The van der Waals surface area contributed by atoms with E-state index in [4.69, 9.17) is 0 Å². The lowest BCUT2D eigenvalue weighted by molar-refractivity contribution is 0.761. The molecule has 0 heterocycles. The second kappa shape index (κ2) is 3.06. The first-order valence-electron chi connectivity index (χ1n) is 4.20. The van der Waals surface area contributed by atoms with Crippen LogP contribution in [-0.2, 0) is 0 Å². The fourth-order valence-corrected chi connectivity index (χ4v) is 2.20. The highest BCUT2D eigenvalue weighted by Gasteiger charge is 2.20. The van der Waals surface area contributed by atoms with Gasteiger partial charge in [-0.3, -0.25) is 0 Å². The van der Waals surface area contributed by atoms with Crippen LogP contribution in [-0.4, -0.2) is 0 Å². The van der Waals surface area contributed by atoms with Crippen molar-refractivity contribution in [1.29, 1.82) is 0 Å². The number of hydrogen-bond donors (Lipinski definition) is 0. The van der Waals surface area contributed by atoms with Crippen molar-refractivity contribution in [2.45, 2.75) is 13.3 Å². The highest BCUT2D eigenvalue weighted by Crippen LogP contribution is 2.37. The van der Waals surface area contributed by atoms with Gasteiger partial charge in [-0.05, 0) is 24.5 Å². The van der Waals surface area contributed by atoms with Crippen LogP contribution in [0.4, 0.5) is 0 Å². The molecule has 2 rings (SSSR count). The smallest absolute Gasteiger partial charge is 0.0193 e. The summed E-state index contributed by atoms with van der Waals surface area (Å²) >= 11 is 3.60. The largest absolute Gasteiger partial charge is 0.0835 e. The highest BCUT2D eigenvalue weighted by molar-refractivity contribution is 9.11. The third-order valence-electron chi connectivity index (χ3n) is 2.44. The lowest BCUT2D eigenvalue weighted by atomic mass is 9.84. The van der Waals surface area contributed by atoms with Gasteiger partial charge < -0.3 is 0 Å². The predicted molar refractivity (Wildman–Crippen MR) is 56.1 cm³/mol. The minimum absolute atomic E-state index is 0.583. The molecule has 12 heavy (non-hydrogen) atoms. The molecule has 0 saturated heterocycles. The number of rotatable bonds is 1. The van der Waals surface area contributed by atoms with Crippen LogP contribution in [0, 0.1) is 5.92 Å².